The Morgan fingerprint density at radius 3 is 2.50 bits per heavy atom. The number of hydrogen-bond donors (Lipinski definition) is 0. The van der Waals surface area contributed by atoms with E-state index in [4.69, 9.17) is 11.6 Å². The minimum atomic E-state index is -3.94. The van der Waals surface area contributed by atoms with Crippen LogP contribution in [0.2, 0.25) is 5.02 Å². The molecule has 1 amide bonds. The molecule has 0 atom stereocenters. The van der Waals surface area contributed by atoms with Crippen LogP contribution in [0.1, 0.15) is 19.8 Å². The van der Waals surface area contributed by atoms with E-state index < -0.39 is 20.7 Å². The van der Waals surface area contributed by atoms with Gasteiger partial charge in [-0.1, -0.05) is 18.5 Å². The van der Waals surface area contributed by atoms with Gasteiger partial charge in [-0.25, -0.2) is 12.8 Å². The molecule has 5 nitrogen and oxygen atoms in total. The Kier molecular flexibility index (Phi) is 5.41. The van der Waals surface area contributed by atoms with Crippen molar-refractivity contribution in [2.24, 2.45) is 0 Å². The smallest absolute Gasteiger partial charge is 0.246 e. The second-order valence-electron chi connectivity index (χ2n) is 5.11. The number of halogens is 2. The Balaban J connectivity index is 2.13. The molecule has 1 saturated heterocycles. The predicted molar refractivity (Wildman–Crippen MR) is 81.7 cm³/mol. The second-order valence-corrected chi connectivity index (χ2v) is 7.45. The van der Waals surface area contributed by atoms with Crippen molar-refractivity contribution in [2.45, 2.75) is 24.7 Å². The SMILES string of the molecule is CCCC(=O)N1CCN(S(=O)(=O)c2cc(Cl)ccc2F)CC1. The van der Waals surface area contributed by atoms with Crippen LogP contribution in [0.3, 0.4) is 0 Å². The van der Waals surface area contributed by atoms with Crippen molar-refractivity contribution in [3.8, 4) is 0 Å². The van der Waals surface area contributed by atoms with Crippen LogP contribution in [0.4, 0.5) is 4.39 Å². The fourth-order valence-electron chi connectivity index (χ4n) is 2.36. The molecule has 1 aromatic rings. The lowest BCUT2D eigenvalue weighted by atomic mass is 10.2. The molecule has 0 aliphatic carbocycles. The zero-order chi connectivity index (χ0) is 16.3. The van der Waals surface area contributed by atoms with E-state index in [9.17, 15) is 17.6 Å². The molecule has 122 valence electrons. The molecule has 1 heterocycles. The molecule has 0 saturated carbocycles. The van der Waals surface area contributed by atoms with Crippen LogP contribution >= 0.6 is 11.6 Å². The van der Waals surface area contributed by atoms with E-state index in [0.29, 0.717) is 19.5 Å². The van der Waals surface area contributed by atoms with E-state index in [2.05, 4.69) is 0 Å². The Morgan fingerprint density at radius 2 is 1.91 bits per heavy atom. The molecule has 0 aromatic heterocycles. The first-order valence-corrected chi connectivity index (χ1v) is 8.91. The Bertz CT molecular complexity index is 658. The normalized spacial score (nSPS) is 16.8. The largest absolute Gasteiger partial charge is 0.340 e. The van der Waals surface area contributed by atoms with Gasteiger partial charge in [0.2, 0.25) is 15.9 Å². The quantitative estimate of drug-likeness (QED) is 0.837. The van der Waals surface area contributed by atoms with Crippen LogP contribution in [0.25, 0.3) is 0 Å². The van der Waals surface area contributed by atoms with Crippen molar-refractivity contribution in [2.75, 3.05) is 26.2 Å². The van der Waals surface area contributed by atoms with Gasteiger partial charge in [-0.3, -0.25) is 4.79 Å². The van der Waals surface area contributed by atoms with E-state index in [1.807, 2.05) is 6.92 Å². The first kappa shape index (κ1) is 17.2. The molecule has 1 fully saturated rings. The van der Waals surface area contributed by atoms with Crippen LogP contribution in [0.15, 0.2) is 23.1 Å². The molecule has 0 unspecified atom stereocenters. The summed E-state index contributed by atoms with van der Waals surface area (Å²) >= 11 is 5.76. The first-order chi connectivity index (χ1) is 10.4. The minimum absolute atomic E-state index is 0.0217. The summed E-state index contributed by atoms with van der Waals surface area (Å²) in [4.78, 5) is 13.0. The number of rotatable bonds is 4. The number of piperazine rings is 1. The highest BCUT2D eigenvalue weighted by atomic mass is 35.5. The number of benzene rings is 1. The molecule has 1 aromatic carbocycles. The molecule has 0 spiro atoms. The van der Waals surface area contributed by atoms with E-state index in [0.717, 1.165) is 18.6 Å². The van der Waals surface area contributed by atoms with Crippen molar-refractivity contribution in [3.05, 3.63) is 29.0 Å². The van der Waals surface area contributed by atoms with Crippen LogP contribution < -0.4 is 0 Å². The summed E-state index contributed by atoms with van der Waals surface area (Å²) in [6.45, 7) is 2.87. The number of carbonyl (C=O) groups excluding carboxylic acids is 1. The Labute approximate surface area is 134 Å². The summed E-state index contributed by atoms with van der Waals surface area (Å²) in [6.07, 6.45) is 1.21. The van der Waals surface area contributed by atoms with Crippen molar-refractivity contribution >= 4 is 27.5 Å². The van der Waals surface area contributed by atoms with E-state index in [-0.39, 0.29) is 24.0 Å². The summed E-state index contributed by atoms with van der Waals surface area (Å²) in [5, 5.41) is 0.164. The zero-order valence-electron chi connectivity index (χ0n) is 12.3. The second kappa shape index (κ2) is 6.93. The van der Waals surface area contributed by atoms with Gasteiger partial charge in [-0.2, -0.15) is 4.31 Å². The summed E-state index contributed by atoms with van der Waals surface area (Å²) in [7, 11) is -3.94. The molecule has 0 N–H and O–H groups in total. The van der Waals surface area contributed by atoms with Gasteiger partial charge >= 0.3 is 0 Å². The number of hydrogen-bond acceptors (Lipinski definition) is 3. The third kappa shape index (κ3) is 3.59. The number of carbonyl (C=O) groups is 1. The maximum absolute atomic E-state index is 13.8. The van der Waals surface area contributed by atoms with Crippen molar-refractivity contribution < 1.29 is 17.6 Å². The van der Waals surface area contributed by atoms with E-state index >= 15 is 0 Å². The molecule has 0 radical (unpaired) electrons. The molecule has 0 bridgehead atoms. The van der Waals surface area contributed by atoms with Crippen LogP contribution in [-0.2, 0) is 14.8 Å². The highest BCUT2D eigenvalue weighted by Crippen LogP contribution is 2.24. The maximum Gasteiger partial charge on any atom is 0.246 e. The molecule has 22 heavy (non-hydrogen) atoms. The van der Waals surface area contributed by atoms with Crippen LogP contribution in [0, 0.1) is 5.82 Å². The fraction of sp³-hybridized carbons (Fsp3) is 0.500. The number of amides is 1. The average molecular weight is 349 g/mol. The summed E-state index contributed by atoms with van der Waals surface area (Å²) in [5.41, 5.74) is 0. The Morgan fingerprint density at radius 1 is 1.27 bits per heavy atom. The molecular weight excluding hydrogens is 331 g/mol. The molecular formula is C14H18ClFN2O3S. The fourth-order valence-corrected chi connectivity index (χ4v) is 4.11. The van der Waals surface area contributed by atoms with Crippen molar-refractivity contribution in [1.82, 2.24) is 9.21 Å². The number of nitrogens with zero attached hydrogens (tertiary/aromatic N) is 2. The number of sulfonamides is 1. The summed E-state index contributed by atoms with van der Waals surface area (Å²) in [5.74, 6) is -0.803. The van der Waals surface area contributed by atoms with Gasteiger partial charge in [0.25, 0.3) is 0 Å². The monoisotopic (exact) mass is 348 g/mol. The van der Waals surface area contributed by atoms with Crippen molar-refractivity contribution in [3.63, 3.8) is 0 Å². The highest BCUT2D eigenvalue weighted by Gasteiger charge is 2.31. The molecule has 2 rings (SSSR count). The van der Waals surface area contributed by atoms with Crippen molar-refractivity contribution in [1.29, 1.82) is 0 Å². The lowest BCUT2D eigenvalue weighted by molar-refractivity contribution is -0.132. The zero-order valence-corrected chi connectivity index (χ0v) is 13.8. The maximum atomic E-state index is 13.8. The van der Waals surface area contributed by atoms with Gasteiger partial charge in [-0.05, 0) is 24.6 Å². The summed E-state index contributed by atoms with van der Waals surface area (Å²) in [6, 6.07) is 3.45. The minimum Gasteiger partial charge on any atom is -0.340 e. The Hall–Kier alpha value is -1.18. The summed E-state index contributed by atoms with van der Waals surface area (Å²) < 4.78 is 40.0. The molecule has 1 aliphatic heterocycles. The van der Waals surface area contributed by atoms with Gasteiger partial charge in [0.15, 0.2) is 0 Å². The molecule has 1 aliphatic rings. The third-order valence-electron chi connectivity index (χ3n) is 3.57. The van der Waals surface area contributed by atoms with Gasteiger partial charge < -0.3 is 4.90 Å². The molecule has 8 heteroatoms. The van der Waals surface area contributed by atoms with Crippen LogP contribution in [-0.4, -0.2) is 49.7 Å². The standard InChI is InChI=1S/C14H18ClFN2O3S/c1-2-3-14(19)17-6-8-18(9-7-17)22(20,21)13-10-11(15)4-5-12(13)16/h4-5,10H,2-3,6-9H2,1H3. The predicted octanol–water partition coefficient (Wildman–Crippen LogP) is 2.11. The highest BCUT2D eigenvalue weighted by molar-refractivity contribution is 7.89. The average Bonchev–Trinajstić information content (AvgIpc) is 2.50. The third-order valence-corrected chi connectivity index (χ3v) is 5.72. The van der Waals surface area contributed by atoms with Gasteiger partial charge in [0, 0.05) is 37.6 Å². The topological polar surface area (TPSA) is 57.7 Å². The first-order valence-electron chi connectivity index (χ1n) is 7.09. The van der Waals surface area contributed by atoms with Crippen LogP contribution in [0.5, 0.6) is 0 Å². The van der Waals surface area contributed by atoms with Gasteiger partial charge in [0.1, 0.15) is 10.7 Å². The lowest BCUT2D eigenvalue weighted by Crippen LogP contribution is -2.50. The van der Waals surface area contributed by atoms with E-state index in [1.54, 1.807) is 4.90 Å². The van der Waals surface area contributed by atoms with E-state index in [1.165, 1.54) is 10.4 Å². The lowest BCUT2D eigenvalue weighted by Gasteiger charge is -2.34. The van der Waals surface area contributed by atoms with Gasteiger partial charge in [0.05, 0.1) is 0 Å². The van der Waals surface area contributed by atoms with Gasteiger partial charge in [-0.15, -0.1) is 0 Å².